The average Bonchev–Trinajstić information content (AvgIpc) is 2.32. The zero-order valence-corrected chi connectivity index (χ0v) is 10.0. The number of rotatable bonds is 10. The second kappa shape index (κ2) is 10.2. The van der Waals surface area contributed by atoms with Crippen molar-refractivity contribution in [2.45, 2.75) is 25.3 Å². The van der Waals surface area contributed by atoms with Gasteiger partial charge in [-0.05, 0) is 12.8 Å². The van der Waals surface area contributed by atoms with Crippen LogP contribution in [0.25, 0.3) is 0 Å². The zero-order valence-electron chi connectivity index (χ0n) is 10.0. The van der Waals surface area contributed by atoms with E-state index in [1.807, 2.05) is 5.32 Å². The molecule has 0 saturated heterocycles. The number of carbonyl (C=O) groups is 3. The first-order valence-corrected chi connectivity index (χ1v) is 5.38. The lowest BCUT2D eigenvalue weighted by molar-refractivity contribution is -0.492. The van der Waals surface area contributed by atoms with E-state index < -0.39 is 23.5 Å². The Kier molecular flexibility index (Phi) is 9.26. The fourth-order valence-electron chi connectivity index (χ4n) is 1.02. The summed E-state index contributed by atoms with van der Waals surface area (Å²) in [5.74, 6) is -1.33. The Hall–Kier alpha value is -1.75. The molecule has 10 heteroatoms. The average molecular weight is 280 g/mol. The molecule has 0 aliphatic carbocycles. The van der Waals surface area contributed by atoms with Gasteiger partial charge in [0, 0.05) is 6.42 Å². The summed E-state index contributed by atoms with van der Waals surface area (Å²) in [7, 11) is 0. The van der Waals surface area contributed by atoms with Gasteiger partial charge >= 0.3 is 12.1 Å². The number of aliphatic carboxylic acids is 1. The third kappa shape index (κ3) is 9.91. The van der Waals surface area contributed by atoms with Crippen LogP contribution in [0, 0.1) is 0 Å². The molecule has 0 radical (unpaired) electrons. The van der Waals surface area contributed by atoms with Gasteiger partial charge in [-0.3, -0.25) is 15.3 Å². The van der Waals surface area contributed by atoms with Gasteiger partial charge in [-0.2, -0.15) is 0 Å². The van der Waals surface area contributed by atoms with E-state index in [0.717, 1.165) is 0 Å². The smallest absolute Gasteiger partial charge is 0.407 e. The monoisotopic (exact) mass is 280 g/mol. The maximum atomic E-state index is 11.1. The zero-order chi connectivity index (χ0) is 14.7. The Morgan fingerprint density at radius 2 is 1.89 bits per heavy atom. The first-order chi connectivity index (χ1) is 8.97. The van der Waals surface area contributed by atoms with E-state index in [1.165, 1.54) is 0 Å². The summed E-state index contributed by atoms with van der Waals surface area (Å²) in [6.45, 7) is 0.0142. The summed E-state index contributed by atoms with van der Waals surface area (Å²) in [5.41, 5.74) is 0. The van der Waals surface area contributed by atoms with Crippen molar-refractivity contribution in [1.82, 2.24) is 10.7 Å². The number of hydrogen-bond acceptors (Lipinski definition) is 8. The molecule has 10 nitrogen and oxygen atoms in total. The van der Waals surface area contributed by atoms with Crippen LogP contribution in [0.3, 0.4) is 0 Å². The molecule has 0 fully saturated rings. The summed E-state index contributed by atoms with van der Waals surface area (Å²) in [6, 6.07) is -1.31. The van der Waals surface area contributed by atoms with Gasteiger partial charge in [-0.1, -0.05) is 0 Å². The van der Waals surface area contributed by atoms with Crippen molar-refractivity contribution in [2.75, 3.05) is 13.2 Å². The molecule has 0 saturated carbocycles. The molecule has 0 aliphatic rings. The van der Waals surface area contributed by atoms with Crippen LogP contribution in [0.2, 0.25) is 0 Å². The molecule has 0 rings (SSSR count). The first-order valence-electron chi connectivity index (χ1n) is 5.38. The van der Waals surface area contributed by atoms with E-state index in [9.17, 15) is 14.4 Å². The van der Waals surface area contributed by atoms with Crippen molar-refractivity contribution < 1.29 is 39.5 Å². The molecular formula is C9H16N2O8. The SMILES string of the molecule is O=CCC(NC(=O)OCCCCON(O)O)C(=O)O. The van der Waals surface area contributed by atoms with Gasteiger partial charge in [-0.15, -0.1) is 0 Å². The van der Waals surface area contributed by atoms with Gasteiger partial charge < -0.3 is 20.0 Å². The molecule has 1 amide bonds. The fraction of sp³-hybridized carbons (Fsp3) is 0.667. The van der Waals surface area contributed by atoms with Crippen molar-refractivity contribution in [3.05, 3.63) is 0 Å². The lowest BCUT2D eigenvalue weighted by Gasteiger charge is -2.12. The number of hydrogen-bond donors (Lipinski definition) is 4. The number of carboxylic acid groups (broad SMARTS) is 1. The van der Waals surface area contributed by atoms with Crippen molar-refractivity contribution in [2.24, 2.45) is 0 Å². The summed E-state index contributed by atoms with van der Waals surface area (Å²) in [4.78, 5) is 36.2. The van der Waals surface area contributed by atoms with E-state index >= 15 is 0 Å². The summed E-state index contributed by atoms with van der Waals surface area (Å²) in [5, 5.41) is 26.6. The number of aldehydes is 1. The van der Waals surface area contributed by atoms with E-state index in [2.05, 4.69) is 9.57 Å². The summed E-state index contributed by atoms with van der Waals surface area (Å²) >= 11 is 0. The van der Waals surface area contributed by atoms with Crippen LogP contribution in [-0.2, 0) is 19.2 Å². The van der Waals surface area contributed by atoms with Crippen LogP contribution in [0.1, 0.15) is 19.3 Å². The van der Waals surface area contributed by atoms with E-state index in [-0.39, 0.29) is 19.6 Å². The van der Waals surface area contributed by atoms with Gasteiger partial charge in [-0.25, -0.2) is 9.59 Å². The molecule has 0 aromatic heterocycles. The van der Waals surface area contributed by atoms with Crippen molar-refractivity contribution in [1.29, 1.82) is 0 Å². The van der Waals surface area contributed by atoms with Crippen LogP contribution in [0.4, 0.5) is 4.79 Å². The van der Waals surface area contributed by atoms with Gasteiger partial charge in [0.15, 0.2) is 0 Å². The number of alkyl carbamates (subject to hydrolysis) is 1. The minimum absolute atomic E-state index is 0.000517. The highest BCUT2D eigenvalue weighted by Gasteiger charge is 2.19. The number of nitrogens with zero attached hydrogens (tertiary/aromatic N) is 1. The van der Waals surface area contributed by atoms with E-state index in [0.29, 0.717) is 19.1 Å². The predicted molar refractivity (Wildman–Crippen MR) is 57.2 cm³/mol. The Bertz CT molecular complexity index is 296. The Morgan fingerprint density at radius 3 is 2.42 bits per heavy atom. The van der Waals surface area contributed by atoms with Crippen LogP contribution >= 0.6 is 0 Å². The molecule has 4 N–H and O–H groups in total. The minimum atomic E-state index is -1.33. The van der Waals surface area contributed by atoms with Gasteiger partial charge in [0.05, 0.1) is 18.6 Å². The van der Waals surface area contributed by atoms with Crippen molar-refractivity contribution in [3.8, 4) is 0 Å². The normalized spacial score (nSPS) is 11.9. The number of ether oxygens (including phenoxy) is 1. The molecule has 0 bridgehead atoms. The molecule has 0 aromatic carbocycles. The number of nitrogens with one attached hydrogen (secondary N) is 1. The Morgan fingerprint density at radius 1 is 1.26 bits per heavy atom. The third-order valence-corrected chi connectivity index (χ3v) is 1.90. The third-order valence-electron chi connectivity index (χ3n) is 1.90. The van der Waals surface area contributed by atoms with E-state index in [4.69, 9.17) is 15.5 Å². The fourth-order valence-corrected chi connectivity index (χ4v) is 1.02. The number of carboxylic acids is 1. The molecule has 0 aliphatic heterocycles. The second-order valence-electron chi connectivity index (χ2n) is 3.37. The maximum absolute atomic E-state index is 11.1. The number of unbranched alkanes of at least 4 members (excludes halogenated alkanes) is 1. The highest BCUT2D eigenvalue weighted by atomic mass is 17.1. The lowest BCUT2D eigenvalue weighted by Crippen LogP contribution is -2.41. The molecule has 0 aromatic rings. The van der Waals surface area contributed by atoms with Crippen LogP contribution < -0.4 is 5.32 Å². The molecular weight excluding hydrogens is 264 g/mol. The van der Waals surface area contributed by atoms with Gasteiger partial charge in [0.1, 0.15) is 12.3 Å². The predicted octanol–water partition coefficient (Wildman–Crippen LogP) is -0.453. The first kappa shape index (κ1) is 17.2. The highest BCUT2D eigenvalue weighted by Crippen LogP contribution is 1.95. The highest BCUT2D eigenvalue weighted by molar-refractivity contribution is 5.82. The number of carbonyl (C=O) groups excluding carboxylic acids is 2. The maximum Gasteiger partial charge on any atom is 0.407 e. The van der Waals surface area contributed by atoms with Crippen LogP contribution in [0.5, 0.6) is 0 Å². The molecule has 19 heavy (non-hydrogen) atoms. The molecule has 1 atom stereocenters. The molecule has 0 spiro atoms. The second-order valence-corrected chi connectivity index (χ2v) is 3.37. The number of amides is 1. The van der Waals surface area contributed by atoms with Crippen molar-refractivity contribution in [3.63, 3.8) is 0 Å². The van der Waals surface area contributed by atoms with E-state index in [1.54, 1.807) is 0 Å². The molecule has 110 valence electrons. The van der Waals surface area contributed by atoms with Gasteiger partial charge in [0.25, 0.3) is 0 Å². The Labute approximate surface area is 108 Å². The summed E-state index contributed by atoms with van der Waals surface area (Å²) in [6.07, 6.45) is -0.137. The van der Waals surface area contributed by atoms with Crippen LogP contribution in [0.15, 0.2) is 0 Å². The van der Waals surface area contributed by atoms with Gasteiger partial charge in [0.2, 0.25) is 0 Å². The van der Waals surface area contributed by atoms with Crippen molar-refractivity contribution >= 4 is 18.3 Å². The quantitative estimate of drug-likeness (QED) is 0.237. The minimum Gasteiger partial charge on any atom is -0.480 e. The van der Waals surface area contributed by atoms with Crippen LogP contribution in [-0.4, -0.2) is 58.5 Å². The topological polar surface area (TPSA) is 146 Å². The largest absolute Gasteiger partial charge is 0.480 e. The standard InChI is InChI=1S/C9H16N2O8/c12-4-3-7(8(13)14)10-9(15)18-5-1-2-6-19-11(16)17/h4,7,16-17H,1-3,5-6H2,(H,10,15)(H,13,14). The molecule has 0 heterocycles. The molecule has 1 unspecified atom stereocenters. The lowest BCUT2D eigenvalue weighted by atomic mass is 10.2. The summed E-state index contributed by atoms with van der Waals surface area (Å²) < 4.78 is 4.65. The Balaban J connectivity index is 3.68.